The molecule has 2 N–H and O–H groups in total. The Hall–Kier alpha value is -2.33. The average molecular weight is 300 g/mol. The highest BCUT2D eigenvalue weighted by Gasteiger charge is 2.09. The lowest BCUT2D eigenvalue weighted by Crippen LogP contribution is -2.15. The summed E-state index contributed by atoms with van der Waals surface area (Å²) < 4.78 is 0. The second kappa shape index (κ2) is 5.58. The molecule has 1 aromatic heterocycles. The lowest BCUT2D eigenvalue weighted by atomic mass is 10.2. The molecule has 0 spiro atoms. The predicted octanol–water partition coefficient (Wildman–Crippen LogP) is 3.71. The molecule has 0 aliphatic heterocycles. The number of aryl methyl sites for hydroxylation is 1. The van der Waals surface area contributed by atoms with Gasteiger partial charge in [0, 0.05) is 10.7 Å². The van der Waals surface area contributed by atoms with Gasteiger partial charge < -0.3 is 10.3 Å². The topological polar surface area (TPSA) is 57.8 Å². The first-order valence-corrected chi connectivity index (χ1v) is 6.99. The van der Waals surface area contributed by atoms with Crippen LogP contribution in [0.2, 0.25) is 5.02 Å². The van der Waals surface area contributed by atoms with E-state index in [2.05, 4.69) is 15.3 Å². The summed E-state index contributed by atoms with van der Waals surface area (Å²) in [6, 6.07) is 13.1. The molecule has 0 aliphatic carbocycles. The molecule has 0 unspecified atom stereocenters. The van der Waals surface area contributed by atoms with Gasteiger partial charge in [-0.05, 0) is 36.8 Å². The highest BCUT2D eigenvalue weighted by molar-refractivity contribution is 6.31. The van der Waals surface area contributed by atoms with Crippen molar-refractivity contribution in [2.75, 3.05) is 5.32 Å². The third-order valence-electron chi connectivity index (χ3n) is 3.24. The number of imidazole rings is 1. The van der Waals surface area contributed by atoms with Crippen molar-refractivity contribution in [2.24, 2.45) is 0 Å². The monoisotopic (exact) mass is 299 g/mol. The van der Waals surface area contributed by atoms with Crippen LogP contribution in [0.5, 0.6) is 0 Å². The van der Waals surface area contributed by atoms with Crippen LogP contribution >= 0.6 is 11.6 Å². The van der Waals surface area contributed by atoms with E-state index in [-0.39, 0.29) is 12.3 Å². The van der Waals surface area contributed by atoms with Crippen molar-refractivity contribution in [2.45, 2.75) is 13.3 Å². The van der Waals surface area contributed by atoms with Crippen molar-refractivity contribution in [3.05, 3.63) is 58.9 Å². The lowest BCUT2D eigenvalue weighted by Gasteiger charge is -2.07. The largest absolute Gasteiger partial charge is 0.342 e. The standard InChI is InChI=1S/C16H14ClN3O/c1-10-6-7-11(17)8-14(10)20-16(21)9-15-18-12-4-2-3-5-13(12)19-15/h2-8H,9H2,1H3,(H,18,19)(H,20,21). The summed E-state index contributed by atoms with van der Waals surface area (Å²) in [7, 11) is 0. The molecule has 0 aliphatic rings. The van der Waals surface area contributed by atoms with Gasteiger partial charge in [-0.15, -0.1) is 0 Å². The second-order valence-corrected chi connectivity index (χ2v) is 5.32. The van der Waals surface area contributed by atoms with Gasteiger partial charge >= 0.3 is 0 Å². The van der Waals surface area contributed by atoms with Crippen molar-refractivity contribution in [1.82, 2.24) is 9.97 Å². The van der Waals surface area contributed by atoms with E-state index in [1.54, 1.807) is 12.1 Å². The maximum absolute atomic E-state index is 12.1. The van der Waals surface area contributed by atoms with E-state index in [0.29, 0.717) is 10.8 Å². The van der Waals surface area contributed by atoms with E-state index in [9.17, 15) is 4.79 Å². The van der Waals surface area contributed by atoms with Crippen LogP contribution in [0.15, 0.2) is 42.5 Å². The predicted molar refractivity (Wildman–Crippen MR) is 84.6 cm³/mol. The molecule has 0 bridgehead atoms. The van der Waals surface area contributed by atoms with Crippen LogP contribution < -0.4 is 5.32 Å². The molecule has 1 heterocycles. The van der Waals surface area contributed by atoms with E-state index in [4.69, 9.17) is 11.6 Å². The van der Waals surface area contributed by atoms with Crippen molar-refractivity contribution < 1.29 is 4.79 Å². The Balaban J connectivity index is 1.75. The van der Waals surface area contributed by atoms with Crippen LogP contribution in [0.25, 0.3) is 11.0 Å². The summed E-state index contributed by atoms with van der Waals surface area (Å²) in [5.74, 6) is 0.521. The number of amides is 1. The van der Waals surface area contributed by atoms with E-state index in [1.165, 1.54) is 0 Å². The van der Waals surface area contributed by atoms with E-state index < -0.39 is 0 Å². The summed E-state index contributed by atoms with van der Waals surface area (Å²) in [6.07, 6.45) is 0.195. The Morgan fingerprint density at radius 3 is 2.90 bits per heavy atom. The lowest BCUT2D eigenvalue weighted by molar-refractivity contribution is -0.115. The first kappa shape index (κ1) is 13.6. The maximum Gasteiger partial charge on any atom is 0.231 e. The fourth-order valence-corrected chi connectivity index (χ4v) is 2.34. The number of anilines is 1. The maximum atomic E-state index is 12.1. The summed E-state index contributed by atoms with van der Waals surface area (Å²) in [5.41, 5.74) is 3.49. The van der Waals surface area contributed by atoms with Crippen LogP contribution in [-0.2, 0) is 11.2 Å². The molecule has 0 saturated carbocycles. The average Bonchev–Trinajstić information content (AvgIpc) is 2.84. The van der Waals surface area contributed by atoms with Gasteiger partial charge in [0.2, 0.25) is 5.91 Å². The number of halogens is 1. The number of hydrogen-bond acceptors (Lipinski definition) is 2. The fraction of sp³-hybridized carbons (Fsp3) is 0.125. The van der Waals surface area contributed by atoms with Gasteiger partial charge in [0.25, 0.3) is 0 Å². The first-order chi connectivity index (χ1) is 10.1. The number of hydrogen-bond donors (Lipinski definition) is 2. The SMILES string of the molecule is Cc1ccc(Cl)cc1NC(=O)Cc1nc2ccccc2[nH]1. The molecule has 3 aromatic rings. The third kappa shape index (κ3) is 3.06. The Kier molecular flexibility index (Phi) is 3.62. The number of rotatable bonds is 3. The summed E-state index contributed by atoms with van der Waals surface area (Å²) in [4.78, 5) is 19.6. The van der Waals surface area contributed by atoms with Gasteiger partial charge in [-0.3, -0.25) is 4.79 Å². The number of nitrogens with one attached hydrogen (secondary N) is 2. The quantitative estimate of drug-likeness (QED) is 0.774. The number of carbonyl (C=O) groups is 1. The molecule has 5 heteroatoms. The molecule has 106 valence electrons. The molecule has 1 amide bonds. The zero-order chi connectivity index (χ0) is 14.8. The van der Waals surface area contributed by atoms with Crippen LogP contribution in [0, 0.1) is 6.92 Å². The Labute approximate surface area is 127 Å². The molecular weight excluding hydrogens is 286 g/mol. The van der Waals surface area contributed by atoms with Gasteiger partial charge in [-0.25, -0.2) is 4.98 Å². The minimum absolute atomic E-state index is 0.126. The smallest absolute Gasteiger partial charge is 0.231 e. The van der Waals surface area contributed by atoms with Crippen LogP contribution in [0.1, 0.15) is 11.4 Å². The molecule has 3 rings (SSSR count). The summed E-state index contributed by atoms with van der Waals surface area (Å²) in [6.45, 7) is 1.92. The molecule has 0 radical (unpaired) electrons. The number of carbonyl (C=O) groups excluding carboxylic acids is 1. The van der Waals surface area contributed by atoms with E-state index >= 15 is 0 Å². The van der Waals surface area contributed by atoms with Crippen LogP contribution in [0.3, 0.4) is 0 Å². The Morgan fingerprint density at radius 1 is 1.29 bits per heavy atom. The van der Waals surface area contributed by atoms with Crippen LogP contribution in [0.4, 0.5) is 5.69 Å². The molecule has 0 fully saturated rings. The number of H-pyrrole nitrogens is 1. The minimum Gasteiger partial charge on any atom is -0.342 e. The molecule has 0 atom stereocenters. The Morgan fingerprint density at radius 2 is 2.10 bits per heavy atom. The zero-order valence-corrected chi connectivity index (χ0v) is 12.2. The van der Waals surface area contributed by atoms with E-state index in [1.807, 2.05) is 37.3 Å². The van der Waals surface area contributed by atoms with Gasteiger partial charge in [0.1, 0.15) is 5.82 Å². The number of benzene rings is 2. The van der Waals surface area contributed by atoms with Crippen molar-refractivity contribution in [3.63, 3.8) is 0 Å². The third-order valence-corrected chi connectivity index (χ3v) is 3.48. The minimum atomic E-state index is -0.126. The molecule has 0 saturated heterocycles. The number of nitrogens with zero attached hydrogens (tertiary/aromatic N) is 1. The molecule has 21 heavy (non-hydrogen) atoms. The highest BCUT2D eigenvalue weighted by Crippen LogP contribution is 2.20. The normalized spacial score (nSPS) is 10.8. The molecule has 4 nitrogen and oxygen atoms in total. The Bertz CT molecular complexity index is 777. The number of aromatic nitrogens is 2. The fourth-order valence-electron chi connectivity index (χ4n) is 2.16. The number of fused-ring (bicyclic) bond motifs is 1. The van der Waals surface area contributed by atoms with Crippen molar-refractivity contribution in [3.8, 4) is 0 Å². The molecule has 2 aromatic carbocycles. The second-order valence-electron chi connectivity index (χ2n) is 4.88. The van der Waals surface area contributed by atoms with Crippen LogP contribution in [-0.4, -0.2) is 15.9 Å². The number of aromatic amines is 1. The van der Waals surface area contributed by atoms with E-state index in [0.717, 1.165) is 22.3 Å². The van der Waals surface area contributed by atoms with Gasteiger partial charge in [0.05, 0.1) is 17.5 Å². The summed E-state index contributed by atoms with van der Waals surface area (Å²) >= 11 is 5.94. The van der Waals surface area contributed by atoms with Gasteiger partial charge in [0.15, 0.2) is 0 Å². The van der Waals surface area contributed by atoms with Gasteiger partial charge in [-0.2, -0.15) is 0 Å². The van der Waals surface area contributed by atoms with Crippen molar-refractivity contribution in [1.29, 1.82) is 0 Å². The highest BCUT2D eigenvalue weighted by atomic mass is 35.5. The molecular formula is C16H14ClN3O. The number of para-hydroxylation sites is 2. The first-order valence-electron chi connectivity index (χ1n) is 6.61. The van der Waals surface area contributed by atoms with Crippen molar-refractivity contribution >= 4 is 34.2 Å². The van der Waals surface area contributed by atoms with Gasteiger partial charge in [-0.1, -0.05) is 29.8 Å². The summed E-state index contributed by atoms with van der Waals surface area (Å²) in [5, 5.41) is 3.46. The zero-order valence-electron chi connectivity index (χ0n) is 11.5.